The molecule has 2 aliphatic rings. The highest BCUT2D eigenvalue weighted by molar-refractivity contribution is 6.46. The molecule has 3 aromatic rings. The number of imide groups is 1. The van der Waals surface area contributed by atoms with Gasteiger partial charge >= 0.3 is 0 Å². The molecule has 0 saturated carbocycles. The molecule has 1 N–H and O–H groups in total. The Kier molecular flexibility index (Phi) is 5.24. The number of ether oxygens (including phenoxy) is 2. The minimum Gasteiger partial charge on any atom is -0.454 e. The Labute approximate surface area is 198 Å². The summed E-state index contributed by atoms with van der Waals surface area (Å²) in [5.74, 6) is 0.458. The van der Waals surface area contributed by atoms with Crippen LogP contribution in [0, 0.1) is 13.8 Å². The Balaban J connectivity index is 1.58. The van der Waals surface area contributed by atoms with E-state index in [0.29, 0.717) is 34.0 Å². The third-order valence-corrected chi connectivity index (χ3v) is 6.15. The highest BCUT2D eigenvalue weighted by atomic mass is 16.7. The normalized spacial score (nSPS) is 14.8. The highest BCUT2D eigenvalue weighted by Gasteiger charge is 2.40. The third kappa shape index (κ3) is 3.65. The Morgan fingerprint density at radius 2 is 1.56 bits per heavy atom. The quantitative estimate of drug-likeness (QED) is 0.572. The summed E-state index contributed by atoms with van der Waals surface area (Å²) in [5, 5.41) is 3.19. The summed E-state index contributed by atoms with van der Waals surface area (Å²) >= 11 is 0. The van der Waals surface area contributed by atoms with E-state index in [1.54, 1.807) is 30.3 Å². The van der Waals surface area contributed by atoms with E-state index in [4.69, 9.17) is 9.47 Å². The van der Waals surface area contributed by atoms with Crippen molar-refractivity contribution in [3.63, 3.8) is 0 Å². The second-order valence-corrected chi connectivity index (χ2v) is 8.60. The van der Waals surface area contributed by atoms with Gasteiger partial charge in [-0.25, -0.2) is 4.90 Å². The molecule has 2 heterocycles. The predicted molar refractivity (Wildman–Crippen MR) is 132 cm³/mol. The van der Waals surface area contributed by atoms with Gasteiger partial charge in [-0.2, -0.15) is 0 Å². The van der Waals surface area contributed by atoms with Gasteiger partial charge in [0.2, 0.25) is 6.79 Å². The largest absolute Gasteiger partial charge is 0.454 e. The molecule has 3 aromatic carbocycles. The molecule has 0 fully saturated rings. The monoisotopic (exact) mass is 455 g/mol. The zero-order valence-corrected chi connectivity index (χ0v) is 19.5. The third-order valence-electron chi connectivity index (χ3n) is 6.15. The highest BCUT2D eigenvalue weighted by Crippen LogP contribution is 2.38. The van der Waals surface area contributed by atoms with E-state index in [1.807, 2.05) is 63.2 Å². The van der Waals surface area contributed by atoms with Crippen molar-refractivity contribution in [1.29, 1.82) is 0 Å². The van der Waals surface area contributed by atoms with E-state index in [9.17, 15) is 9.59 Å². The zero-order valence-electron chi connectivity index (χ0n) is 19.5. The molecule has 7 heteroatoms. The second-order valence-electron chi connectivity index (χ2n) is 8.60. The van der Waals surface area contributed by atoms with Gasteiger partial charge in [0.05, 0.1) is 11.3 Å². The Morgan fingerprint density at radius 3 is 2.26 bits per heavy atom. The molecule has 2 amide bonds. The van der Waals surface area contributed by atoms with Crippen LogP contribution in [0.1, 0.15) is 16.7 Å². The molecule has 0 aromatic heterocycles. The zero-order chi connectivity index (χ0) is 24.0. The molecule has 7 nitrogen and oxygen atoms in total. The van der Waals surface area contributed by atoms with Gasteiger partial charge in [0.15, 0.2) is 11.5 Å². The van der Waals surface area contributed by atoms with Crippen molar-refractivity contribution in [3.05, 3.63) is 83.1 Å². The van der Waals surface area contributed by atoms with Gasteiger partial charge in [-0.3, -0.25) is 9.59 Å². The summed E-state index contributed by atoms with van der Waals surface area (Å²) in [4.78, 5) is 30.5. The molecule has 0 saturated heterocycles. The number of fused-ring (bicyclic) bond motifs is 1. The topological polar surface area (TPSA) is 71.1 Å². The number of aryl methyl sites for hydroxylation is 2. The summed E-state index contributed by atoms with van der Waals surface area (Å²) in [6.07, 6.45) is 0. The fourth-order valence-corrected chi connectivity index (χ4v) is 4.06. The smallest absolute Gasteiger partial charge is 0.282 e. The summed E-state index contributed by atoms with van der Waals surface area (Å²) < 4.78 is 10.9. The Bertz CT molecular complexity index is 1340. The molecular formula is C27H25N3O4. The maximum absolute atomic E-state index is 13.7. The number of carbonyl (C=O) groups is 2. The molecule has 5 rings (SSSR count). The van der Waals surface area contributed by atoms with Crippen molar-refractivity contribution in [2.45, 2.75) is 13.8 Å². The molecule has 172 valence electrons. The van der Waals surface area contributed by atoms with Crippen molar-refractivity contribution in [3.8, 4) is 11.5 Å². The number of rotatable bonds is 5. The Morgan fingerprint density at radius 1 is 0.824 bits per heavy atom. The first-order chi connectivity index (χ1) is 16.3. The van der Waals surface area contributed by atoms with Gasteiger partial charge in [-0.1, -0.05) is 18.2 Å². The SMILES string of the molecule is Cc1ccc(C2=C(Nc3ccc4c(c3)OCO4)C(=O)N(c3ccc(N(C)C)cc3)C2=O)cc1C. The lowest BCUT2D eigenvalue weighted by Crippen LogP contribution is -2.32. The van der Waals surface area contributed by atoms with Crippen molar-refractivity contribution < 1.29 is 19.1 Å². The van der Waals surface area contributed by atoms with Crippen molar-refractivity contribution >= 4 is 34.4 Å². The molecule has 0 atom stereocenters. The lowest BCUT2D eigenvalue weighted by Gasteiger charge is -2.18. The lowest BCUT2D eigenvalue weighted by molar-refractivity contribution is -0.120. The van der Waals surface area contributed by atoms with Crippen LogP contribution in [0.4, 0.5) is 17.1 Å². The van der Waals surface area contributed by atoms with Crippen LogP contribution in [0.5, 0.6) is 11.5 Å². The minimum atomic E-state index is -0.409. The van der Waals surface area contributed by atoms with E-state index in [2.05, 4.69) is 5.32 Å². The van der Waals surface area contributed by atoms with E-state index < -0.39 is 5.91 Å². The fourth-order valence-electron chi connectivity index (χ4n) is 4.06. The molecular weight excluding hydrogens is 430 g/mol. The number of anilines is 3. The fraction of sp³-hybridized carbons (Fsp3) is 0.185. The van der Waals surface area contributed by atoms with Crippen LogP contribution in [-0.4, -0.2) is 32.7 Å². The Hall–Kier alpha value is -4.26. The number of hydrogen-bond donors (Lipinski definition) is 1. The van der Waals surface area contributed by atoms with Crippen LogP contribution in [0.15, 0.2) is 66.4 Å². The van der Waals surface area contributed by atoms with Crippen LogP contribution in [0.3, 0.4) is 0 Å². The number of nitrogens with one attached hydrogen (secondary N) is 1. The second kappa shape index (κ2) is 8.26. The molecule has 0 radical (unpaired) electrons. The van der Waals surface area contributed by atoms with E-state index in [0.717, 1.165) is 16.8 Å². The van der Waals surface area contributed by atoms with E-state index >= 15 is 0 Å². The van der Waals surface area contributed by atoms with E-state index in [1.165, 1.54) is 4.90 Å². The van der Waals surface area contributed by atoms with Crippen LogP contribution >= 0.6 is 0 Å². The average Bonchev–Trinajstić information content (AvgIpc) is 3.38. The summed E-state index contributed by atoms with van der Waals surface area (Å²) in [6.45, 7) is 4.16. The van der Waals surface area contributed by atoms with Crippen molar-refractivity contribution in [2.24, 2.45) is 0 Å². The summed E-state index contributed by atoms with van der Waals surface area (Å²) in [6, 6.07) is 18.5. The van der Waals surface area contributed by atoms with Gasteiger partial charge in [0.25, 0.3) is 11.8 Å². The molecule has 34 heavy (non-hydrogen) atoms. The van der Waals surface area contributed by atoms with Gasteiger partial charge < -0.3 is 19.7 Å². The standard InChI is InChI=1S/C27H25N3O4/c1-16-5-6-18(13-17(16)2)24-25(28-19-7-12-22-23(14-19)34-15-33-22)27(32)30(26(24)31)21-10-8-20(9-11-21)29(3)4/h5-14,28H,15H2,1-4H3. The van der Waals surface area contributed by atoms with Crippen LogP contribution < -0.4 is 24.6 Å². The van der Waals surface area contributed by atoms with Gasteiger partial charge in [0, 0.05) is 31.5 Å². The molecule has 0 aliphatic carbocycles. The van der Waals surface area contributed by atoms with Crippen LogP contribution in [0.25, 0.3) is 5.57 Å². The first kappa shape index (κ1) is 21.6. The first-order valence-corrected chi connectivity index (χ1v) is 11.0. The number of nitrogens with zero attached hydrogens (tertiary/aromatic N) is 2. The predicted octanol–water partition coefficient (Wildman–Crippen LogP) is 4.49. The number of hydrogen-bond acceptors (Lipinski definition) is 6. The number of amides is 2. The van der Waals surface area contributed by atoms with Crippen molar-refractivity contribution in [1.82, 2.24) is 0 Å². The minimum absolute atomic E-state index is 0.156. The molecule has 0 spiro atoms. The van der Waals surface area contributed by atoms with Crippen LogP contribution in [0.2, 0.25) is 0 Å². The average molecular weight is 456 g/mol. The first-order valence-electron chi connectivity index (χ1n) is 11.0. The van der Waals surface area contributed by atoms with Gasteiger partial charge in [-0.05, 0) is 66.9 Å². The van der Waals surface area contributed by atoms with E-state index in [-0.39, 0.29) is 18.4 Å². The van der Waals surface area contributed by atoms with Gasteiger partial charge in [0.1, 0.15) is 5.70 Å². The molecule has 2 aliphatic heterocycles. The lowest BCUT2D eigenvalue weighted by atomic mass is 9.99. The van der Waals surface area contributed by atoms with Crippen LogP contribution in [-0.2, 0) is 9.59 Å². The summed E-state index contributed by atoms with van der Waals surface area (Å²) in [7, 11) is 3.88. The maximum Gasteiger partial charge on any atom is 0.282 e. The molecule has 0 bridgehead atoms. The van der Waals surface area contributed by atoms with Crippen molar-refractivity contribution in [2.75, 3.05) is 36.0 Å². The number of carbonyl (C=O) groups excluding carboxylic acids is 2. The molecule has 0 unspecified atom stereocenters. The summed E-state index contributed by atoms with van der Waals surface area (Å²) in [5.41, 5.74) is 5.53. The number of benzene rings is 3. The van der Waals surface area contributed by atoms with Gasteiger partial charge in [-0.15, -0.1) is 0 Å². The maximum atomic E-state index is 13.7.